The molecule has 0 aliphatic carbocycles. The second-order valence-electron chi connectivity index (χ2n) is 4.92. The molecule has 1 amide bonds. The van der Waals surface area contributed by atoms with E-state index in [1.165, 1.54) is 10.4 Å². The minimum atomic E-state index is 0.108. The van der Waals surface area contributed by atoms with Gasteiger partial charge in [-0.05, 0) is 35.8 Å². The van der Waals surface area contributed by atoms with Gasteiger partial charge < -0.3 is 5.32 Å². The first-order chi connectivity index (χ1) is 9.78. The summed E-state index contributed by atoms with van der Waals surface area (Å²) in [4.78, 5) is 13.1. The standard InChI is InChI=1S/C14H17N3OS2/c1-19-6-4-10-7-13(18)16-14-12(10)8-15-17(14)9-11-3-2-5-20-11/h2-3,5,8,10H,4,6-7,9H2,1H3,(H,16,18)/t10-/m1/s1. The van der Waals surface area contributed by atoms with Gasteiger partial charge >= 0.3 is 0 Å². The van der Waals surface area contributed by atoms with Crippen molar-refractivity contribution in [1.82, 2.24) is 9.78 Å². The van der Waals surface area contributed by atoms with Crippen molar-refractivity contribution in [1.29, 1.82) is 0 Å². The molecule has 0 saturated heterocycles. The average molecular weight is 307 g/mol. The summed E-state index contributed by atoms with van der Waals surface area (Å²) in [5.74, 6) is 2.38. The first-order valence-electron chi connectivity index (χ1n) is 6.65. The number of aromatic nitrogens is 2. The van der Waals surface area contributed by atoms with Crippen molar-refractivity contribution in [2.45, 2.75) is 25.3 Å². The Morgan fingerprint density at radius 1 is 1.60 bits per heavy atom. The van der Waals surface area contributed by atoms with E-state index in [0.29, 0.717) is 12.3 Å². The number of rotatable bonds is 5. The molecule has 3 rings (SSSR count). The third kappa shape index (κ3) is 2.76. The van der Waals surface area contributed by atoms with Crippen LogP contribution in [0, 0.1) is 0 Å². The Bertz CT molecular complexity index is 592. The van der Waals surface area contributed by atoms with Crippen molar-refractivity contribution >= 4 is 34.8 Å². The molecule has 0 bridgehead atoms. The minimum Gasteiger partial charge on any atom is -0.311 e. The molecule has 0 fully saturated rings. The van der Waals surface area contributed by atoms with Crippen LogP contribution in [-0.4, -0.2) is 27.7 Å². The zero-order valence-corrected chi connectivity index (χ0v) is 13.0. The maximum absolute atomic E-state index is 11.9. The summed E-state index contributed by atoms with van der Waals surface area (Å²) in [6, 6.07) is 4.13. The van der Waals surface area contributed by atoms with Gasteiger partial charge in [-0.3, -0.25) is 4.79 Å². The molecule has 6 heteroatoms. The van der Waals surface area contributed by atoms with Crippen LogP contribution in [0.3, 0.4) is 0 Å². The number of thiophene rings is 1. The summed E-state index contributed by atoms with van der Waals surface area (Å²) in [5.41, 5.74) is 1.19. The Balaban J connectivity index is 1.85. The highest BCUT2D eigenvalue weighted by Gasteiger charge is 2.28. The summed E-state index contributed by atoms with van der Waals surface area (Å²) in [5, 5.41) is 9.51. The molecule has 1 aliphatic rings. The molecule has 0 radical (unpaired) electrons. The first kappa shape index (κ1) is 13.7. The molecule has 3 heterocycles. The molecule has 2 aromatic rings. The van der Waals surface area contributed by atoms with Crippen molar-refractivity contribution in [2.24, 2.45) is 0 Å². The van der Waals surface area contributed by atoms with Crippen LogP contribution in [0.4, 0.5) is 5.82 Å². The fourth-order valence-corrected chi connectivity index (χ4v) is 3.75. The van der Waals surface area contributed by atoms with Crippen molar-refractivity contribution in [2.75, 3.05) is 17.3 Å². The lowest BCUT2D eigenvalue weighted by molar-refractivity contribution is -0.116. The first-order valence-corrected chi connectivity index (χ1v) is 8.92. The summed E-state index contributed by atoms with van der Waals surface area (Å²) < 4.78 is 1.91. The molecule has 1 aliphatic heterocycles. The molecule has 0 unspecified atom stereocenters. The van der Waals surface area contributed by atoms with Crippen LogP contribution in [0.2, 0.25) is 0 Å². The minimum absolute atomic E-state index is 0.108. The largest absolute Gasteiger partial charge is 0.311 e. The molecule has 0 saturated carbocycles. The van der Waals surface area contributed by atoms with Crippen molar-refractivity contribution < 1.29 is 4.79 Å². The van der Waals surface area contributed by atoms with Crippen LogP contribution < -0.4 is 5.32 Å². The lowest BCUT2D eigenvalue weighted by atomic mass is 9.92. The van der Waals surface area contributed by atoms with E-state index in [2.05, 4.69) is 28.1 Å². The molecule has 4 nitrogen and oxygen atoms in total. The van der Waals surface area contributed by atoms with E-state index >= 15 is 0 Å². The SMILES string of the molecule is CSCC[C@@H]1CC(=O)Nc2c1cnn2Cc1cccs1. The second-order valence-corrected chi connectivity index (χ2v) is 6.93. The topological polar surface area (TPSA) is 46.9 Å². The molecule has 20 heavy (non-hydrogen) atoms. The van der Waals surface area contributed by atoms with Crippen LogP contribution in [-0.2, 0) is 11.3 Å². The van der Waals surface area contributed by atoms with Gasteiger partial charge in [-0.25, -0.2) is 4.68 Å². The number of carbonyl (C=O) groups is 1. The Labute approximate surface area is 126 Å². The van der Waals surface area contributed by atoms with Crippen molar-refractivity contribution in [3.63, 3.8) is 0 Å². The van der Waals surface area contributed by atoms with Crippen molar-refractivity contribution in [3.8, 4) is 0 Å². The summed E-state index contributed by atoms with van der Waals surface area (Å²) in [6.45, 7) is 0.725. The molecule has 1 N–H and O–H groups in total. The predicted octanol–water partition coefficient (Wildman–Crippen LogP) is 3.17. The fraction of sp³-hybridized carbons (Fsp3) is 0.429. The highest BCUT2D eigenvalue weighted by atomic mass is 32.2. The number of hydrogen-bond donors (Lipinski definition) is 1. The Morgan fingerprint density at radius 2 is 2.50 bits per heavy atom. The molecular formula is C14H17N3OS2. The Hall–Kier alpha value is -1.27. The van der Waals surface area contributed by atoms with Gasteiger partial charge in [0.15, 0.2) is 0 Å². The molecular weight excluding hydrogens is 290 g/mol. The van der Waals surface area contributed by atoms with Gasteiger partial charge in [0.2, 0.25) is 5.91 Å². The monoisotopic (exact) mass is 307 g/mol. The van der Waals surface area contributed by atoms with Gasteiger partial charge in [0, 0.05) is 16.9 Å². The lowest BCUT2D eigenvalue weighted by Gasteiger charge is -2.23. The van der Waals surface area contributed by atoms with Crippen LogP contribution in [0.25, 0.3) is 0 Å². The van der Waals surface area contributed by atoms with E-state index in [9.17, 15) is 4.79 Å². The average Bonchev–Trinajstić information content (AvgIpc) is 3.07. The summed E-state index contributed by atoms with van der Waals surface area (Å²) >= 11 is 3.53. The zero-order valence-electron chi connectivity index (χ0n) is 11.3. The zero-order chi connectivity index (χ0) is 13.9. The van der Waals surface area contributed by atoms with Crippen LogP contribution >= 0.6 is 23.1 Å². The van der Waals surface area contributed by atoms with E-state index < -0.39 is 0 Å². The normalized spacial score (nSPS) is 17.9. The fourth-order valence-electron chi connectivity index (χ4n) is 2.54. The number of thioether (sulfide) groups is 1. The Morgan fingerprint density at radius 3 is 3.25 bits per heavy atom. The number of anilines is 1. The van der Waals surface area contributed by atoms with Gasteiger partial charge in [-0.1, -0.05) is 6.07 Å². The van der Waals surface area contributed by atoms with Crippen LogP contribution in [0.5, 0.6) is 0 Å². The van der Waals surface area contributed by atoms with E-state index in [0.717, 1.165) is 24.5 Å². The molecule has 0 aromatic carbocycles. The van der Waals surface area contributed by atoms with Gasteiger partial charge in [-0.2, -0.15) is 16.9 Å². The number of fused-ring (bicyclic) bond motifs is 1. The summed E-state index contributed by atoms with van der Waals surface area (Å²) in [6.07, 6.45) is 5.64. The van der Waals surface area contributed by atoms with Gasteiger partial charge in [-0.15, -0.1) is 11.3 Å². The van der Waals surface area contributed by atoms with Gasteiger partial charge in [0.05, 0.1) is 12.7 Å². The number of hydrogen-bond acceptors (Lipinski definition) is 4. The molecule has 2 aromatic heterocycles. The van der Waals surface area contributed by atoms with Crippen LogP contribution in [0.1, 0.15) is 29.2 Å². The third-order valence-corrected chi connectivity index (χ3v) is 5.06. The van der Waals surface area contributed by atoms with E-state index in [1.807, 2.05) is 28.7 Å². The highest BCUT2D eigenvalue weighted by molar-refractivity contribution is 7.98. The van der Waals surface area contributed by atoms with E-state index in [4.69, 9.17) is 0 Å². The van der Waals surface area contributed by atoms with E-state index in [-0.39, 0.29) is 5.91 Å². The maximum atomic E-state index is 11.9. The summed E-state index contributed by atoms with van der Waals surface area (Å²) in [7, 11) is 0. The third-order valence-electron chi connectivity index (χ3n) is 3.55. The smallest absolute Gasteiger partial charge is 0.226 e. The molecule has 106 valence electrons. The highest BCUT2D eigenvalue weighted by Crippen LogP contribution is 2.35. The molecule has 0 spiro atoms. The predicted molar refractivity (Wildman–Crippen MR) is 84.6 cm³/mol. The number of carbonyl (C=O) groups excluding carboxylic acids is 1. The van der Waals surface area contributed by atoms with Gasteiger partial charge in [0.25, 0.3) is 0 Å². The lowest BCUT2D eigenvalue weighted by Crippen LogP contribution is -2.24. The molecule has 1 atom stereocenters. The van der Waals surface area contributed by atoms with Gasteiger partial charge in [0.1, 0.15) is 5.82 Å². The Kier molecular flexibility index (Phi) is 4.12. The van der Waals surface area contributed by atoms with Crippen LogP contribution in [0.15, 0.2) is 23.7 Å². The quantitative estimate of drug-likeness (QED) is 0.923. The maximum Gasteiger partial charge on any atom is 0.226 e. The van der Waals surface area contributed by atoms with E-state index in [1.54, 1.807) is 11.3 Å². The second kappa shape index (κ2) is 6.01. The number of nitrogens with zero attached hydrogens (tertiary/aromatic N) is 2. The van der Waals surface area contributed by atoms with Crippen molar-refractivity contribution in [3.05, 3.63) is 34.2 Å². The number of amides is 1. The number of nitrogens with one attached hydrogen (secondary N) is 1.